The molecule has 47 heavy (non-hydrogen) atoms. The average Bonchev–Trinajstić information content (AvgIpc) is 3.25. The van der Waals surface area contributed by atoms with Crippen molar-refractivity contribution in [1.82, 2.24) is 0 Å². The molecule has 0 amide bonds. The molecular formula is C31H50Na2O12S2. The summed E-state index contributed by atoms with van der Waals surface area (Å²) in [6.45, 7) is 9.37. The zero-order valence-corrected chi connectivity index (χ0v) is 34.7. The predicted molar refractivity (Wildman–Crippen MR) is 160 cm³/mol. The Morgan fingerprint density at radius 2 is 1.49 bits per heavy atom. The van der Waals surface area contributed by atoms with E-state index >= 15 is 0 Å². The van der Waals surface area contributed by atoms with Crippen molar-refractivity contribution >= 4 is 32.7 Å². The molecule has 0 aromatic rings. The number of esters is 2. The summed E-state index contributed by atoms with van der Waals surface area (Å²) in [5, 5.41) is 0. The fourth-order valence-corrected chi connectivity index (χ4v) is 11.1. The molecular weight excluding hydrogens is 674 g/mol. The molecule has 0 aromatic heterocycles. The minimum absolute atomic E-state index is 0. The summed E-state index contributed by atoms with van der Waals surface area (Å²) in [5.74, 6) is 0.570. The van der Waals surface area contributed by atoms with Crippen LogP contribution >= 0.6 is 0 Å². The van der Waals surface area contributed by atoms with Gasteiger partial charge < -0.3 is 18.6 Å². The number of hydrogen-bond acceptors (Lipinski definition) is 12. The minimum atomic E-state index is -4.97. The third-order valence-corrected chi connectivity index (χ3v) is 13.0. The van der Waals surface area contributed by atoms with Crippen molar-refractivity contribution in [3.63, 3.8) is 0 Å². The van der Waals surface area contributed by atoms with Crippen molar-refractivity contribution < 1.29 is 112 Å². The zero-order chi connectivity index (χ0) is 33.4. The second kappa shape index (κ2) is 17.5. The van der Waals surface area contributed by atoms with Gasteiger partial charge in [-0.25, -0.2) is 16.8 Å². The summed E-state index contributed by atoms with van der Waals surface area (Å²) in [4.78, 5) is 23.1. The Bertz CT molecular complexity index is 1300. The van der Waals surface area contributed by atoms with Crippen LogP contribution in [0.25, 0.3) is 0 Å². The van der Waals surface area contributed by atoms with Crippen molar-refractivity contribution in [2.45, 2.75) is 117 Å². The molecule has 4 saturated carbocycles. The Kier molecular flexibility index (Phi) is 16.3. The summed E-state index contributed by atoms with van der Waals surface area (Å²) < 4.78 is 89.4. The molecule has 4 rings (SSSR count). The SMILES string of the molecule is CC(=O)OC[C@H](C)CCC[C@@H](COS(=O)(=O)[O-])[C@H]1CC[C@H]2[C@@H]3CCC4C[C@H](OS(=O)(=O)[O-])[C@@H](OC(C)=O)C[C@]4(C)[C@H]3CC[C@]12C.[Na+].[Na+]. The van der Waals surface area contributed by atoms with Crippen LogP contribution in [0.1, 0.15) is 105 Å². The van der Waals surface area contributed by atoms with Crippen molar-refractivity contribution in [1.29, 1.82) is 0 Å². The first-order chi connectivity index (χ1) is 20.8. The van der Waals surface area contributed by atoms with Crippen LogP contribution in [0.4, 0.5) is 0 Å². The Hall–Kier alpha value is 0.680. The van der Waals surface area contributed by atoms with Gasteiger partial charge in [-0.15, -0.1) is 0 Å². The van der Waals surface area contributed by atoms with E-state index in [1.807, 2.05) is 6.92 Å². The summed E-state index contributed by atoms with van der Waals surface area (Å²) in [5.41, 5.74) is -0.299. The van der Waals surface area contributed by atoms with E-state index in [-0.39, 0.29) is 106 Å². The summed E-state index contributed by atoms with van der Waals surface area (Å²) in [6.07, 6.45) is 6.78. The second-order valence-electron chi connectivity index (χ2n) is 14.8. The average molecular weight is 725 g/mol. The molecule has 4 aliphatic rings. The van der Waals surface area contributed by atoms with Crippen LogP contribution in [0.2, 0.25) is 0 Å². The van der Waals surface area contributed by atoms with Crippen molar-refractivity contribution in [3.05, 3.63) is 0 Å². The van der Waals surface area contributed by atoms with Gasteiger partial charge in [-0.05, 0) is 116 Å². The number of fused-ring (bicyclic) bond motifs is 5. The molecule has 0 bridgehead atoms. The number of ether oxygens (including phenoxy) is 2. The first-order valence-corrected chi connectivity index (χ1v) is 19.0. The van der Waals surface area contributed by atoms with Crippen LogP contribution in [0.15, 0.2) is 0 Å². The minimum Gasteiger partial charge on any atom is -0.726 e. The number of hydrogen-bond donors (Lipinski definition) is 0. The summed E-state index contributed by atoms with van der Waals surface area (Å²) in [7, 11) is -9.81. The van der Waals surface area contributed by atoms with Gasteiger partial charge in [0, 0.05) is 13.8 Å². The topological polar surface area (TPSA) is 185 Å². The van der Waals surface area contributed by atoms with E-state index in [1.165, 1.54) is 13.8 Å². The third-order valence-electron chi connectivity index (χ3n) is 12.1. The van der Waals surface area contributed by atoms with Gasteiger partial charge in [0.2, 0.25) is 20.8 Å². The first-order valence-electron chi connectivity index (χ1n) is 16.4. The van der Waals surface area contributed by atoms with Crippen LogP contribution in [0.3, 0.4) is 0 Å². The molecule has 12 nitrogen and oxygen atoms in total. The third kappa shape index (κ3) is 11.1. The largest absolute Gasteiger partial charge is 1.00 e. The predicted octanol–water partition coefficient (Wildman–Crippen LogP) is -1.50. The van der Waals surface area contributed by atoms with E-state index in [2.05, 4.69) is 13.8 Å². The molecule has 0 radical (unpaired) electrons. The molecule has 0 spiro atoms. The molecule has 0 saturated heterocycles. The van der Waals surface area contributed by atoms with E-state index in [1.54, 1.807) is 0 Å². The smallest absolute Gasteiger partial charge is 0.726 e. The van der Waals surface area contributed by atoms with Gasteiger partial charge in [-0.2, -0.15) is 0 Å². The number of carbonyl (C=O) groups excluding carboxylic acids is 2. The Labute approximate surface area is 325 Å². The fraction of sp³-hybridized carbons (Fsp3) is 0.935. The maximum absolute atomic E-state index is 12.0. The van der Waals surface area contributed by atoms with Gasteiger partial charge in [0.15, 0.2) is 0 Å². The monoisotopic (exact) mass is 724 g/mol. The van der Waals surface area contributed by atoms with Crippen molar-refractivity contribution in [2.75, 3.05) is 13.2 Å². The van der Waals surface area contributed by atoms with E-state index in [0.717, 1.165) is 51.4 Å². The molecule has 0 N–H and O–H groups in total. The molecule has 1 unspecified atom stereocenters. The summed E-state index contributed by atoms with van der Waals surface area (Å²) >= 11 is 0. The number of rotatable bonds is 13. The Morgan fingerprint density at radius 1 is 0.830 bits per heavy atom. The normalized spacial score (nSPS) is 36.3. The van der Waals surface area contributed by atoms with Crippen molar-refractivity contribution in [2.24, 2.45) is 52.3 Å². The number of carbonyl (C=O) groups is 2. The molecule has 0 heterocycles. The Balaban J connectivity index is 0.00000384. The first kappa shape index (κ1) is 43.8. The van der Waals surface area contributed by atoms with E-state index < -0.39 is 39.0 Å². The van der Waals surface area contributed by atoms with Gasteiger partial charge in [-0.1, -0.05) is 27.2 Å². The molecule has 4 fully saturated rings. The van der Waals surface area contributed by atoms with E-state index in [0.29, 0.717) is 43.6 Å². The molecule has 11 atom stereocenters. The van der Waals surface area contributed by atoms with Gasteiger partial charge >= 0.3 is 71.1 Å². The van der Waals surface area contributed by atoms with Gasteiger partial charge in [-0.3, -0.25) is 18.0 Å². The molecule has 4 aliphatic carbocycles. The molecule has 16 heteroatoms. The van der Waals surface area contributed by atoms with E-state index in [9.17, 15) is 35.5 Å². The molecule has 0 aromatic carbocycles. The summed E-state index contributed by atoms with van der Waals surface area (Å²) in [6, 6.07) is 0. The molecule has 0 aliphatic heterocycles. The van der Waals surface area contributed by atoms with Crippen LogP contribution in [0, 0.1) is 52.3 Å². The zero-order valence-electron chi connectivity index (χ0n) is 29.1. The van der Waals surface area contributed by atoms with Gasteiger partial charge in [0.25, 0.3) is 0 Å². The molecule has 260 valence electrons. The van der Waals surface area contributed by atoms with Crippen molar-refractivity contribution in [3.8, 4) is 0 Å². The van der Waals surface area contributed by atoms with Crippen LogP contribution < -0.4 is 59.1 Å². The van der Waals surface area contributed by atoms with E-state index in [4.69, 9.17) is 17.8 Å². The van der Waals surface area contributed by atoms with Gasteiger partial charge in [0.05, 0.1) is 13.2 Å². The standard InChI is InChI=1S/C31H52O12S2.2Na/c1-19(17-40-20(2)32)7-6-8-22(18-41-44(34,35)36)25-11-12-26-24-10-9-23-15-28(43-45(37,38)39)29(42-21(3)33)16-31(23,5)27(24)13-14-30(25,26)4;;/h19,22-29H,6-18H2,1-5H3,(H,34,35,36)(H,37,38,39);;/q;2*+1/p-2/t19-,22+,23?,24+,25-,26+,27+,28+,29+,30-,31+;;/m1../s1. The van der Waals surface area contributed by atoms with Crippen LogP contribution in [-0.4, -0.2) is 63.3 Å². The fourth-order valence-electron chi connectivity index (χ4n) is 10.3. The second-order valence-corrected chi connectivity index (χ2v) is 16.9. The Morgan fingerprint density at radius 3 is 2.09 bits per heavy atom. The quantitative estimate of drug-likeness (QED) is 0.0929. The maximum atomic E-state index is 12.0. The van der Waals surface area contributed by atoms with Gasteiger partial charge in [0.1, 0.15) is 12.2 Å². The van der Waals surface area contributed by atoms with Crippen LogP contribution in [-0.2, 0) is 48.2 Å². The maximum Gasteiger partial charge on any atom is 1.00 e. The van der Waals surface area contributed by atoms with Crippen LogP contribution in [0.5, 0.6) is 0 Å².